The highest BCUT2D eigenvalue weighted by Crippen LogP contribution is 2.43. The zero-order valence-corrected chi connectivity index (χ0v) is 17.6. The maximum atomic E-state index is 12.6. The zero-order valence-electron chi connectivity index (χ0n) is 16.8. The van der Waals surface area contributed by atoms with Gasteiger partial charge in [0.1, 0.15) is 5.75 Å². The van der Waals surface area contributed by atoms with Crippen molar-refractivity contribution in [3.8, 4) is 5.75 Å². The van der Waals surface area contributed by atoms with E-state index in [0.717, 1.165) is 37.9 Å². The molecule has 0 radical (unpaired) electrons. The van der Waals surface area contributed by atoms with E-state index in [1.54, 1.807) is 16.7 Å². The summed E-state index contributed by atoms with van der Waals surface area (Å²) in [6.45, 7) is 1.99. The molecule has 0 unspecified atom stereocenters. The summed E-state index contributed by atoms with van der Waals surface area (Å²) in [5, 5.41) is 6.97. The predicted molar refractivity (Wildman–Crippen MR) is 103 cm³/mol. The second-order valence-electron chi connectivity index (χ2n) is 7.88. The molecule has 2 saturated carbocycles. The first kappa shape index (κ1) is 23.7. The Morgan fingerprint density at radius 3 is 2.65 bits per heavy atom. The number of hydrogen-bond acceptors (Lipinski definition) is 6. The van der Waals surface area contributed by atoms with Crippen LogP contribution in [0.5, 0.6) is 5.75 Å². The van der Waals surface area contributed by atoms with Crippen molar-refractivity contribution in [2.24, 2.45) is 5.92 Å². The first-order chi connectivity index (χ1) is 14.5. The van der Waals surface area contributed by atoms with Gasteiger partial charge in [-0.1, -0.05) is 0 Å². The summed E-state index contributed by atoms with van der Waals surface area (Å²) in [6, 6.07) is 3.74. The molecule has 1 aromatic rings. The zero-order chi connectivity index (χ0) is 22.7. The molecular weight excluding hydrogens is 441 g/mol. The molecule has 8 nitrogen and oxygen atoms in total. The molecule has 2 atom stereocenters. The molecule has 1 saturated heterocycles. The molecular formula is C19H25F3N2O6S. The molecule has 0 amide bonds. The number of nitrogens with zero attached hydrogens (tertiary/aromatic N) is 2. The Morgan fingerprint density at radius 2 is 2.06 bits per heavy atom. The molecule has 12 heteroatoms. The van der Waals surface area contributed by atoms with Crippen LogP contribution in [0.2, 0.25) is 0 Å². The molecule has 2 aliphatic carbocycles. The van der Waals surface area contributed by atoms with E-state index in [1.807, 2.05) is 12.1 Å². The van der Waals surface area contributed by atoms with Gasteiger partial charge in [0.15, 0.2) is 0 Å². The fourth-order valence-electron chi connectivity index (χ4n) is 3.95. The van der Waals surface area contributed by atoms with E-state index in [4.69, 9.17) is 19.4 Å². The topological polar surface area (TPSA) is 106 Å². The standard InChI is InChI=1S/C17H24N2O4S.C2HF3O2/c20-24(21,16-5-6-16)19-9-10-23-17(13-19)7-1-3-14(17)12-22-15-4-2-8-18-11-15;3-2(4,5)1(6)7/h2,4,8,11,14,16H,1,3,5-7,9-10,12-13H2;(H,6,7)/t14-,17+;/m0./s1. The molecule has 31 heavy (non-hydrogen) atoms. The van der Waals surface area contributed by atoms with Crippen molar-refractivity contribution in [3.05, 3.63) is 24.5 Å². The Kier molecular flexibility index (Phi) is 7.11. The number of halogens is 3. The van der Waals surface area contributed by atoms with E-state index in [9.17, 15) is 21.6 Å². The highest BCUT2D eigenvalue weighted by molar-refractivity contribution is 7.90. The maximum Gasteiger partial charge on any atom is 0.490 e. The van der Waals surface area contributed by atoms with Crippen LogP contribution in [0.4, 0.5) is 13.2 Å². The van der Waals surface area contributed by atoms with Crippen LogP contribution in [0, 0.1) is 5.92 Å². The smallest absolute Gasteiger partial charge is 0.490 e. The number of hydrogen-bond donors (Lipinski definition) is 1. The van der Waals surface area contributed by atoms with Crippen LogP contribution in [0.15, 0.2) is 24.5 Å². The van der Waals surface area contributed by atoms with E-state index < -0.39 is 22.2 Å². The molecule has 0 aromatic carbocycles. The van der Waals surface area contributed by atoms with Gasteiger partial charge in [-0.05, 0) is 44.2 Å². The van der Waals surface area contributed by atoms with Crippen molar-refractivity contribution in [3.63, 3.8) is 0 Å². The van der Waals surface area contributed by atoms with Crippen molar-refractivity contribution < 1.29 is 41.0 Å². The van der Waals surface area contributed by atoms with Crippen LogP contribution < -0.4 is 4.74 Å². The molecule has 1 aliphatic heterocycles. The van der Waals surface area contributed by atoms with Crippen LogP contribution in [-0.4, -0.2) is 72.1 Å². The Balaban J connectivity index is 0.000000339. The molecule has 4 rings (SSSR count). The second kappa shape index (κ2) is 9.29. The summed E-state index contributed by atoms with van der Waals surface area (Å²) in [5.41, 5.74) is -0.386. The number of carbonyl (C=O) groups is 1. The summed E-state index contributed by atoms with van der Waals surface area (Å²) in [7, 11) is -3.14. The number of aliphatic carboxylic acids is 1. The van der Waals surface area contributed by atoms with Crippen molar-refractivity contribution in [1.82, 2.24) is 9.29 Å². The highest BCUT2D eigenvalue weighted by Gasteiger charge is 2.51. The summed E-state index contributed by atoms with van der Waals surface area (Å²) >= 11 is 0. The minimum absolute atomic E-state index is 0.154. The number of carboxylic acids is 1. The molecule has 3 aliphatic rings. The lowest BCUT2D eigenvalue weighted by Gasteiger charge is -2.43. The SMILES string of the molecule is O=C(O)C(F)(F)F.O=S(=O)(C1CC1)N1CCO[C@]2(CCC[C@H]2COc2cccnc2)C1. The minimum atomic E-state index is -5.08. The Bertz CT molecular complexity index is 863. The van der Waals surface area contributed by atoms with Gasteiger partial charge in [-0.15, -0.1) is 0 Å². The number of morpholine rings is 1. The van der Waals surface area contributed by atoms with Crippen molar-refractivity contribution in [2.75, 3.05) is 26.3 Å². The van der Waals surface area contributed by atoms with Gasteiger partial charge in [0.25, 0.3) is 0 Å². The number of sulfonamides is 1. The van der Waals surface area contributed by atoms with Gasteiger partial charge in [-0.25, -0.2) is 13.2 Å². The largest absolute Gasteiger partial charge is 0.492 e. The monoisotopic (exact) mass is 466 g/mol. The fraction of sp³-hybridized carbons (Fsp3) is 0.684. The molecule has 3 fully saturated rings. The molecule has 2 heterocycles. The molecule has 0 bridgehead atoms. The van der Waals surface area contributed by atoms with Gasteiger partial charge in [-0.3, -0.25) is 4.98 Å². The lowest BCUT2D eigenvalue weighted by Crippen LogP contribution is -2.56. The van der Waals surface area contributed by atoms with Gasteiger partial charge in [-0.2, -0.15) is 17.5 Å². The van der Waals surface area contributed by atoms with Crippen LogP contribution >= 0.6 is 0 Å². The maximum absolute atomic E-state index is 12.6. The third-order valence-corrected chi connectivity index (χ3v) is 8.05. The predicted octanol–water partition coefficient (Wildman–Crippen LogP) is 2.46. The Labute approximate surface area is 178 Å². The summed E-state index contributed by atoms with van der Waals surface area (Å²) in [5.74, 6) is -1.79. The van der Waals surface area contributed by atoms with Gasteiger partial charge < -0.3 is 14.6 Å². The first-order valence-electron chi connectivity index (χ1n) is 10.0. The minimum Gasteiger partial charge on any atom is -0.492 e. The van der Waals surface area contributed by atoms with Crippen molar-refractivity contribution in [2.45, 2.75) is 49.1 Å². The summed E-state index contributed by atoms with van der Waals surface area (Å²) in [6.07, 6.45) is 2.92. The second-order valence-corrected chi connectivity index (χ2v) is 10.1. The molecule has 1 spiro atoms. The lowest BCUT2D eigenvalue weighted by molar-refractivity contribution is -0.192. The number of aromatic nitrogens is 1. The first-order valence-corrected chi connectivity index (χ1v) is 11.5. The number of carboxylic acid groups (broad SMARTS) is 1. The third-order valence-electron chi connectivity index (χ3n) is 5.70. The average Bonchev–Trinajstić information content (AvgIpc) is 3.52. The van der Waals surface area contributed by atoms with Crippen LogP contribution in [0.25, 0.3) is 0 Å². The molecule has 1 N–H and O–H groups in total. The van der Waals surface area contributed by atoms with E-state index in [1.165, 1.54) is 0 Å². The van der Waals surface area contributed by atoms with E-state index in [2.05, 4.69) is 4.98 Å². The fourth-order valence-corrected chi connectivity index (χ4v) is 5.83. The number of rotatable bonds is 5. The number of alkyl halides is 3. The number of ether oxygens (including phenoxy) is 2. The lowest BCUT2D eigenvalue weighted by atomic mass is 9.90. The van der Waals surface area contributed by atoms with Crippen molar-refractivity contribution in [1.29, 1.82) is 0 Å². The van der Waals surface area contributed by atoms with Crippen LogP contribution in [0.3, 0.4) is 0 Å². The van der Waals surface area contributed by atoms with Gasteiger partial charge in [0.05, 0.1) is 30.3 Å². The average molecular weight is 466 g/mol. The van der Waals surface area contributed by atoms with Crippen LogP contribution in [-0.2, 0) is 19.6 Å². The highest BCUT2D eigenvalue weighted by atomic mass is 32.2. The van der Waals surface area contributed by atoms with Gasteiger partial charge in [0.2, 0.25) is 10.0 Å². The van der Waals surface area contributed by atoms with Crippen LogP contribution in [0.1, 0.15) is 32.1 Å². The van der Waals surface area contributed by atoms with E-state index >= 15 is 0 Å². The molecule has 1 aromatic heterocycles. The third kappa shape index (κ3) is 5.86. The Morgan fingerprint density at radius 1 is 1.35 bits per heavy atom. The number of pyridine rings is 1. The summed E-state index contributed by atoms with van der Waals surface area (Å²) < 4.78 is 70.7. The van der Waals surface area contributed by atoms with Gasteiger partial charge >= 0.3 is 12.1 Å². The van der Waals surface area contributed by atoms with E-state index in [-0.39, 0.29) is 16.8 Å². The molecule has 174 valence electrons. The summed E-state index contributed by atoms with van der Waals surface area (Å²) in [4.78, 5) is 13.0. The van der Waals surface area contributed by atoms with E-state index in [0.29, 0.717) is 26.3 Å². The van der Waals surface area contributed by atoms with Gasteiger partial charge in [0, 0.05) is 25.2 Å². The normalized spacial score (nSPS) is 26.9. The Hall–Kier alpha value is -1.92. The quantitative estimate of drug-likeness (QED) is 0.711. The van der Waals surface area contributed by atoms with Crippen molar-refractivity contribution >= 4 is 16.0 Å².